The molecule has 0 spiro atoms. The topological polar surface area (TPSA) is 49.2 Å². The lowest BCUT2D eigenvalue weighted by Gasteiger charge is -2.25. The quantitative estimate of drug-likeness (QED) is 0.590. The van der Waals surface area contributed by atoms with Gasteiger partial charge in [-0.15, -0.1) is 10.2 Å². The number of halogens is 3. The summed E-state index contributed by atoms with van der Waals surface area (Å²) in [6, 6.07) is 12.7. The van der Waals surface area contributed by atoms with Crippen LogP contribution in [0.4, 0.5) is 13.2 Å². The summed E-state index contributed by atoms with van der Waals surface area (Å²) >= 11 is 1.32. The molecule has 0 unspecified atom stereocenters. The van der Waals surface area contributed by atoms with Crippen LogP contribution in [0.15, 0.2) is 53.7 Å². The van der Waals surface area contributed by atoms with E-state index in [0.29, 0.717) is 40.4 Å². The number of fused-ring (bicyclic) bond motifs is 1. The van der Waals surface area contributed by atoms with E-state index in [1.54, 1.807) is 17.7 Å². The third-order valence-electron chi connectivity index (χ3n) is 4.29. The lowest BCUT2D eigenvalue weighted by molar-refractivity contribution is -0.137. The van der Waals surface area contributed by atoms with Gasteiger partial charge in [0.05, 0.1) is 5.56 Å². The molecule has 4 rings (SSSR count). The minimum atomic E-state index is -4.35. The molecule has 0 bridgehead atoms. The maximum Gasteiger partial charge on any atom is 0.416 e. The molecule has 0 aliphatic carbocycles. The van der Waals surface area contributed by atoms with E-state index in [1.165, 1.54) is 17.8 Å². The monoisotopic (exact) mass is 407 g/mol. The molecule has 0 saturated heterocycles. The summed E-state index contributed by atoms with van der Waals surface area (Å²) in [6.07, 6.45) is -4.76. The Balaban J connectivity index is 1.46. The number of nitrogens with zero attached hydrogens (tertiary/aromatic N) is 3. The second-order valence-corrected chi connectivity index (χ2v) is 7.19. The van der Waals surface area contributed by atoms with Gasteiger partial charge in [0.2, 0.25) is 0 Å². The predicted octanol–water partition coefficient (Wildman–Crippen LogP) is 4.64. The fourth-order valence-corrected chi connectivity index (χ4v) is 3.73. The van der Waals surface area contributed by atoms with Crippen LogP contribution in [0.1, 0.15) is 23.1 Å². The molecule has 28 heavy (non-hydrogen) atoms. The number of benzene rings is 2. The number of rotatable bonds is 4. The first-order chi connectivity index (χ1) is 13.4. The Morgan fingerprint density at radius 3 is 2.68 bits per heavy atom. The Morgan fingerprint density at radius 1 is 1.11 bits per heavy atom. The van der Waals surface area contributed by atoms with Gasteiger partial charge in [-0.2, -0.15) is 13.2 Å². The van der Waals surface area contributed by atoms with Gasteiger partial charge in [-0.05, 0) is 23.8 Å². The lowest BCUT2D eigenvalue weighted by atomic mass is 10.1. The summed E-state index contributed by atoms with van der Waals surface area (Å²) in [7, 11) is 1.80. The lowest BCUT2D eigenvalue weighted by Crippen LogP contribution is -2.24. The van der Waals surface area contributed by atoms with Gasteiger partial charge in [0, 0.05) is 12.8 Å². The molecule has 1 aliphatic heterocycles. The van der Waals surface area contributed by atoms with Gasteiger partial charge >= 0.3 is 6.18 Å². The molecular formula is C19H16F3N3O2S. The van der Waals surface area contributed by atoms with E-state index in [4.69, 9.17) is 9.47 Å². The van der Waals surface area contributed by atoms with Crippen LogP contribution in [0.25, 0.3) is 0 Å². The number of alkyl halides is 3. The molecule has 1 atom stereocenters. The average molecular weight is 407 g/mol. The Morgan fingerprint density at radius 2 is 1.89 bits per heavy atom. The molecule has 1 aromatic heterocycles. The summed E-state index contributed by atoms with van der Waals surface area (Å²) in [5, 5.41) is 8.93. The second-order valence-electron chi connectivity index (χ2n) is 6.25. The van der Waals surface area contributed by atoms with Crippen molar-refractivity contribution in [1.29, 1.82) is 0 Å². The molecule has 2 heterocycles. The van der Waals surface area contributed by atoms with Crippen LogP contribution in [0, 0.1) is 0 Å². The molecule has 5 nitrogen and oxygen atoms in total. The van der Waals surface area contributed by atoms with Crippen LogP contribution in [-0.2, 0) is 19.0 Å². The summed E-state index contributed by atoms with van der Waals surface area (Å²) < 4.78 is 52.0. The number of para-hydroxylation sites is 2. The number of hydrogen-bond donors (Lipinski definition) is 0. The van der Waals surface area contributed by atoms with Gasteiger partial charge in [-0.3, -0.25) is 0 Å². The molecule has 0 N–H and O–H groups in total. The van der Waals surface area contributed by atoms with Crippen LogP contribution in [0.5, 0.6) is 11.5 Å². The van der Waals surface area contributed by atoms with Gasteiger partial charge in [-0.1, -0.05) is 42.1 Å². The molecular weight excluding hydrogens is 391 g/mol. The van der Waals surface area contributed by atoms with E-state index in [-0.39, 0.29) is 0 Å². The molecule has 3 aromatic rings. The van der Waals surface area contributed by atoms with E-state index in [0.717, 1.165) is 12.1 Å². The number of thioether (sulfide) groups is 1. The molecule has 1 aliphatic rings. The highest BCUT2D eigenvalue weighted by Gasteiger charge is 2.30. The van der Waals surface area contributed by atoms with Crippen molar-refractivity contribution in [2.24, 2.45) is 7.05 Å². The number of aromatic nitrogens is 3. The summed E-state index contributed by atoms with van der Waals surface area (Å²) in [6.45, 7) is 0.307. The second kappa shape index (κ2) is 7.38. The van der Waals surface area contributed by atoms with Crippen molar-refractivity contribution >= 4 is 11.8 Å². The number of ether oxygens (including phenoxy) is 2. The first-order valence-corrected chi connectivity index (χ1v) is 9.47. The largest absolute Gasteiger partial charge is 0.485 e. The zero-order chi connectivity index (χ0) is 19.7. The standard InChI is InChI=1S/C19H16F3N3O2S/c1-25-17(16-10-26-14-7-2-3-8-15(14)27-16)23-24-18(25)28-11-12-5-4-6-13(9-12)19(20,21)22/h2-9,16H,10-11H2,1H3/t16-/m0/s1. The number of hydrogen-bond acceptors (Lipinski definition) is 5. The van der Waals surface area contributed by atoms with Crippen LogP contribution in [0.3, 0.4) is 0 Å². The Bertz CT molecular complexity index is 991. The molecule has 0 radical (unpaired) electrons. The zero-order valence-electron chi connectivity index (χ0n) is 14.8. The minimum absolute atomic E-state index is 0.307. The molecule has 2 aromatic carbocycles. The Hall–Kier alpha value is -2.68. The molecule has 0 saturated carbocycles. The van der Waals surface area contributed by atoms with Crippen LogP contribution < -0.4 is 9.47 Å². The van der Waals surface area contributed by atoms with E-state index < -0.39 is 17.8 Å². The molecule has 0 amide bonds. The molecule has 9 heteroatoms. The first kappa shape index (κ1) is 18.7. The van der Waals surface area contributed by atoms with Gasteiger partial charge in [0.1, 0.15) is 6.61 Å². The molecule has 0 fully saturated rings. The maximum atomic E-state index is 12.9. The SMILES string of the molecule is Cn1c(SCc2cccc(C(F)(F)F)c2)nnc1[C@@H]1COc2ccccc2O1. The Kier molecular flexibility index (Phi) is 4.92. The fraction of sp³-hybridized carbons (Fsp3) is 0.263. The summed E-state index contributed by atoms with van der Waals surface area (Å²) in [5.41, 5.74) is -0.0915. The normalized spacial score (nSPS) is 16.2. The third kappa shape index (κ3) is 3.80. The van der Waals surface area contributed by atoms with Crippen molar-refractivity contribution in [3.05, 3.63) is 65.5 Å². The van der Waals surface area contributed by atoms with Gasteiger partial charge in [-0.25, -0.2) is 0 Å². The minimum Gasteiger partial charge on any atom is -0.485 e. The van der Waals surface area contributed by atoms with E-state index in [9.17, 15) is 13.2 Å². The van der Waals surface area contributed by atoms with Crippen molar-refractivity contribution < 1.29 is 22.6 Å². The fourth-order valence-electron chi connectivity index (χ4n) is 2.86. The van der Waals surface area contributed by atoms with Crippen LogP contribution in [0.2, 0.25) is 0 Å². The predicted molar refractivity (Wildman–Crippen MR) is 97.3 cm³/mol. The summed E-state index contributed by atoms with van der Waals surface area (Å²) in [5.74, 6) is 2.27. The van der Waals surface area contributed by atoms with E-state index in [1.807, 2.05) is 24.3 Å². The smallest absolute Gasteiger partial charge is 0.416 e. The molecule has 146 valence electrons. The highest BCUT2D eigenvalue weighted by atomic mass is 32.2. The van der Waals surface area contributed by atoms with Crippen molar-refractivity contribution in [3.8, 4) is 11.5 Å². The zero-order valence-corrected chi connectivity index (χ0v) is 15.6. The highest BCUT2D eigenvalue weighted by molar-refractivity contribution is 7.98. The van der Waals surface area contributed by atoms with Crippen molar-refractivity contribution in [2.45, 2.75) is 23.2 Å². The maximum absolute atomic E-state index is 12.9. The van der Waals surface area contributed by atoms with Crippen LogP contribution >= 0.6 is 11.8 Å². The highest BCUT2D eigenvalue weighted by Crippen LogP contribution is 2.36. The first-order valence-electron chi connectivity index (χ1n) is 8.48. The third-order valence-corrected chi connectivity index (χ3v) is 5.38. The Labute approximate surface area is 163 Å². The van der Waals surface area contributed by atoms with Crippen molar-refractivity contribution in [1.82, 2.24) is 14.8 Å². The summed E-state index contributed by atoms with van der Waals surface area (Å²) in [4.78, 5) is 0. The average Bonchev–Trinajstić information content (AvgIpc) is 3.06. The van der Waals surface area contributed by atoms with Gasteiger partial charge < -0.3 is 14.0 Å². The van der Waals surface area contributed by atoms with Crippen molar-refractivity contribution in [3.63, 3.8) is 0 Å². The van der Waals surface area contributed by atoms with Gasteiger partial charge in [0.25, 0.3) is 0 Å². The van der Waals surface area contributed by atoms with Crippen LogP contribution in [-0.4, -0.2) is 21.4 Å². The van der Waals surface area contributed by atoms with Crippen molar-refractivity contribution in [2.75, 3.05) is 6.61 Å². The van der Waals surface area contributed by atoms with E-state index in [2.05, 4.69) is 10.2 Å². The van der Waals surface area contributed by atoms with Gasteiger partial charge in [0.15, 0.2) is 28.6 Å². The van der Waals surface area contributed by atoms with E-state index >= 15 is 0 Å².